The van der Waals surface area contributed by atoms with Gasteiger partial charge in [0.2, 0.25) is 0 Å². The van der Waals surface area contributed by atoms with Gasteiger partial charge in [0.25, 0.3) is 0 Å². The molecule has 1 rings (SSSR count). The van der Waals surface area contributed by atoms with E-state index in [1.807, 2.05) is 26.2 Å². The first kappa shape index (κ1) is 11.0. The molecule has 1 aromatic rings. The van der Waals surface area contributed by atoms with Gasteiger partial charge < -0.3 is 4.74 Å². The second kappa shape index (κ2) is 5.60. The molecule has 78 valence electrons. The molecule has 0 aliphatic rings. The molecule has 1 unspecified atom stereocenters. The molecule has 0 N–H and O–H groups in total. The SMILES string of the molecule is CCCC(Oc1cccnc1)N(C)C. The molecule has 1 atom stereocenters. The quantitative estimate of drug-likeness (QED) is 0.671. The number of hydrogen-bond donors (Lipinski definition) is 0. The number of hydrogen-bond acceptors (Lipinski definition) is 3. The molecule has 0 aromatic carbocycles. The Morgan fingerprint density at radius 3 is 2.79 bits per heavy atom. The van der Waals surface area contributed by atoms with Crippen LogP contribution in [-0.2, 0) is 0 Å². The van der Waals surface area contributed by atoms with Gasteiger partial charge in [-0.2, -0.15) is 0 Å². The molecular weight excluding hydrogens is 176 g/mol. The maximum Gasteiger partial charge on any atom is 0.152 e. The van der Waals surface area contributed by atoms with Gasteiger partial charge in [-0.1, -0.05) is 13.3 Å². The summed E-state index contributed by atoms with van der Waals surface area (Å²) in [7, 11) is 4.05. The minimum absolute atomic E-state index is 0.143. The second-order valence-corrected chi connectivity index (χ2v) is 3.51. The summed E-state index contributed by atoms with van der Waals surface area (Å²) in [5, 5.41) is 0. The van der Waals surface area contributed by atoms with E-state index < -0.39 is 0 Å². The first-order valence-electron chi connectivity index (χ1n) is 4.97. The molecule has 1 aromatic heterocycles. The van der Waals surface area contributed by atoms with Crippen molar-refractivity contribution in [2.45, 2.75) is 26.0 Å². The minimum Gasteiger partial charge on any atom is -0.474 e. The zero-order valence-corrected chi connectivity index (χ0v) is 9.10. The van der Waals surface area contributed by atoms with Gasteiger partial charge in [-0.05, 0) is 32.6 Å². The normalized spacial score (nSPS) is 12.9. The van der Waals surface area contributed by atoms with Crippen molar-refractivity contribution in [3.8, 4) is 5.75 Å². The Hall–Kier alpha value is -1.09. The van der Waals surface area contributed by atoms with Gasteiger partial charge in [-0.3, -0.25) is 9.88 Å². The molecular formula is C11H18N2O. The maximum atomic E-state index is 5.78. The molecule has 0 saturated carbocycles. The summed E-state index contributed by atoms with van der Waals surface area (Å²) >= 11 is 0. The summed E-state index contributed by atoms with van der Waals surface area (Å²) in [5.74, 6) is 0.833. The van der Waals surface area contributed by atoms with Gasteiger partial charge in [-0.15, -0.1) is 0 Å². The number of ether oxygens (including phenoxy) is 1. The third-order valence-corrected chi connectivity index (χ3v) is 2.02. The molecule has 0 aliphatic heterocycles. The van der Waals surface area contributed by atoms with Crippen molar-refractivity contribution in [1.29, 1.82) is 0 Å². The molecule has 0 fully saturated rings. The van der Waals surface area contributed by atoms with E-state index in [1.54, 1.807) is 12.4 Å². The highest BCUT2D eigenvalue weighted by atomic mass is 16.5. The van der Waals surface area contributed by atoms with Crippen molar-refractivity contribution in [1.82, 2.24) is 9.88 Å². The van der Waals surface area contributed by atoms with Crippen molar-refractivity contribution in [2.75, 3.05) is 14.1 Å². The first-order chi connectivity index (χ1) is 6.74. The molecule has 0 spiro atoms. The van der Waals surface area contributed by atoms with Gasteiger partial charge in [0.15, 0.2) is 6.23 Å². The molecule has 0 amide bonds. The lowest BCUT2D eigenvalue weighted by atomic mass is 10.3. The maximum absolute atomic E-state index is 5.78. The fraction of sp³-hybridized carbons (Fsp3) is 0.545. The largest absolute Gasteiger partial charge is 0.474 e. The second-order valence-electron chi connectivity index (χ2n) is 3.51. The van der Waals surface area contributed by atoms with Crippen molar-refractivity contribution < 1.29 is 4.74 Å². The Bertz CT molecular complexity index is 249. The van der Waals surface area contributed by atoms with Crippen LogP contribution in [0.5, 0.6) is 5.75 Å². The van der Waals surface area contributed by atoms with Crippen molar-refractivity contribution in [3.05, 3.63) is 24.5 Å². The number of nitrogens with zero attached hydrogens (tertiary/aromatic N) is 2. The first-order valence-corrected chi connectivity index (χ1v) is 4.97. The number of aromatic nitrogens is 1. The van der Waals surface area contributed by atoms with Crippen LogP contribution in [0, 0.1) is 0 Å². The molecule has 3 nitrogen and oxygen atoms in total. The molecule has 14 heavy (non-hydrogen) atoms. The highest BCUT2D eigenvalue weighted by molar-refractivity contribution is 5.15. The third-order valence-electron chi connectivity index (χ3n) is 2.02. The topological polar surface area (TPSA) is 25.4 Å². The smallest absolute Gasteiger partial charge is 0.152 e. The van der Waals surface area contributed by atoms with Crippen LogP contribution in [0.15, 0.2) is 24.5 Å². The third kappa shape index (κ3) is 3.34. The zero-order valence-electron chi connectivity index (χ0n) is 9.10. The van der Waals surface area contributed by atoms with Crippen molar-refractivity contribution in [3.63, 3.8) is 0 Å². The summed E-state index contributed by atoms with van der Waals surface area (Å²) in [6, 6.07) is 3.81. The van der Waals surface area contributed by atoms with Crippen molar-refractivity contribution >= 4 is 0 Å². The summed E-state index contributed by atoms with van der Waals surface area (Å²) in [4.78, 5) is 6.09. The van der Waals surface area contributed by atoms with E-state index in [0.717, 1.165) is 18.6 Å². The molecule has 1 heterocycles. The van der Waals surface area contributed by atoms with Crippen LogP contribution >= 0.6 is 0 Å². The Kier molecular flexibility index (Phi) is 4.40. The average Bonchev–Trinajstić information content (AvgIpc) is 2.18. The van der Waals surface area contributed by atoms with Crippen LogP contribution in [0.4, 0.5) is 0 Å². The Morgan fingerprint density at radius 2 is 2.29 bits per heavy atom. The van der Waals surface area contributed by atoms with Crippen LogP contribution in [0.2, 0.25) is 0 Å². The Balaban J connectivity index is 2.55. The zero-order chi connectivity index (χ0) is 10.4. The van der Waals surface area contributed by atoms with E-state index >= 15 is 0 Å². The van der Waals surface area contributed by atoms with E-state index in [2.05, 4.69) is 16.8 Å². The van der Waals surface area contributed by atoms with E-state index in [9.17, 15) is 0 Å². The van der Waals surface area contributed by atoms with E-state index in [0.29, 0.717) is 0 Å². The van der Waals surface area contributed by atoms with Crippen LogP contribution in [0.3, 0.4) is 0 Å². The molecule has 0 radical (unpaired) electrons. The highest BCUT2D eigenvalue weighted by Gasteiger charge is 2.11. The summed E-state index contributed by atoms with van der Waals surface area (Å²) in [6.07, 6.45) is 5.78. The lowest BCUT2D eigenvalue weighted by Gasteiger charge is -2.24. The van der Waals surface area contributed by atoms with E-state index in [1.165, 1.54) is 0 Å². The molecule has 0 aliphatic carbocycles. The van der Waals surface area contributed by atoms with Crippen LogP contribution in [0.25, 0.3) is 0 Å². The van der Waals surface area contributed by atoms with Gasteiger partial charge in [-0.25, -0.2) is 0 Å². The minimum atomic E-state index is 0.143. The predicted molar refractivity (Wildman–Crippen MR) is 57.2 cm³/mol. The fourth-order valence-electron chi connectivity index (χ4n) is 1.24. The summed E-state index contributed by atoms with van der Waals surface area (Å²) in [6.45, 7) is 2.16. The van der Waals surface area contributed by atoms with Gasteiger partial charge in [0.05, 0.1) is 6.20 Å². The molecule has 3 heteroatoms. The summed E-state index contributed by atoms with van der Waals surface area (Å²) < 4.78 is 5.78. The highest BCUT2D eigenvalue weighted by Crippen LogP contribution is 2.13. The Morgan fingerprint density at radius 1 is 1.50 bits per heavy atom. The average molecular weight is 194 g/mol. The standard InChI is InChI=1S/C11H18N2O/c1-4-6-11(13(2)3)14-10-7-5-8-12-9-10/h5,7-9,11H,4,6H2,1-3H3. The summed E-state index contributed by atoms with van der Waals surface area (Å²) in [5.41, 5.74) is 0. The Labute approximate surface area is 85.7 Å². The fourth-order valence-corrected chi connectivity index (χ4v) is 1.24. The molecule has 0 saturated heterocycles. The number of rotatable bonds is 5. The predicted octanol–water partition coefficient (Wildman–Crippen LogP) is 2.15. The lowest BCUT2D eigenvalue weighted by molar-refractivity contribution is 0.0559. The van der Waals surface area contributed by atoms with E-state index in [4.69, 9.17) is 4.74 Å². The number of pyridine rings is 1. The van der Waals surface area contributed by atoms with Gasteiger partial charge >= 0.3 is 0 Å². The lowest BCUT2D eigenvalue weighted by Crippen LogP contribution is -2.33. The van der Waals surface area contributed by atoms with Gasteiger partial charge in [0, 0.05) is 6.20 Å². The monoisotopic (exact) mass is 194 g/mol. The van der Waals surface area contributed by atoms with Crippen molar-refractivity contribution in [2.24, 2.45) is 0 Å². The van der Waals surface area contributed by atoms with Gasteiger partial charge in [0.1, 0.15) is 5.75 Å². The van der Waals surface area contributed by atoms with Crippen LogP contribution in [0.1, 0.15) is 19.8 Å². The van der Waals surface area contributed by atoms with Crippen LogP contribution < -0.4 is 4.74 Å². The van der Waals surface area contributed by atoms with E-state index in [-0.39, 0.29) is 6.23 Å². The molecule has 0 bridgehead atoms. The van der Waals surface area contributed by atoms with Crippen LogP contribution in [-0.4, -0.2) is 30.2 Å².